The lowest BCUT2D eigenvalue weighted by Gasteiger charge is -2.26. The van der Waals surface area contributed by atoms with Crippen molar-refractivity contribution in [2.24, 2.45) is 0 Å². The largest absolute Gasteiger partial charge is 0.486 e. The second kappa shape index (κ2) is 4.43. The second-order valence-electron chi connectivity index (χ2n) is 4.17. The summed E-state index contributed by atoms with van der Waals surface area (Å²) in [5, 5.41) is 0. The molecule has 2 aliphatic heterocycles. The normalized spacial score (nSPS) is 18.8. The number of rotatable bonds is 3. The van der Waals surface area contributed by atoms with E-state index in [-0.39, 0.29) is 6.10 Å². The average molecular weight is 237 g/mol. The van der Waals surface area contributed by atoms with E-state index >= 15 is 0 Å². The number of ether oxygens (including phenoxy) is 4. The van der Waals surface area contributed by atoms with Gasteiger partial charge in [0, 0.05) is 17.3 Å². The van der Waals surface area contributed by atoms with Crippen molar-refractivity contribution in [3.05, 3.63) is 17.7 Å². The Labute approximate surface area is 99.4 Å². The summed E-state index contributed by atoms with van der Waals surface area (Å²) in [5.41, 5.74) is 7.55. The summed E-state index contributed by atoms with van der Waals surface area (Å²) < 4.78 is 21.6. The van der Waals surface area contributed by atoms with Gasteiger partial charge in [0.05, 0.1) is 19.8 Å². The van der Waals surface area contributed by atoms with E-state index in [9.17, 15) is 0 Å². The highest BCUT2D eigenvalue weighted by atomic mass is 16.6. The van der Waals surface area contributed by atoms with Crippen molar-refractivity contribution < 1.29 is 18.9 Å². The van der Waals surface area contributed by atoms with Gasteiger partial charge in [-0.15, -0.1) is 0 Å². The Kier molecular flexibility index (Phi) is 2.78. The van der Waals surface area contributed by atoms with E-state index in [1.807, 2.05) is 6.07 Å². The van der Waals surface area contributed by atoms with Crippen molar-refractivity contribution in [2.75, 3.05) is 32.2 Å². The maximum absolute atomic E-state index is 5.94. The Morgan fingerprint density at radius 2 is 1.88 bits per heavy atom. The first-order chi connectivity index (χ1) is 8.33. The van der Waals surface area contributed by atoms with E-state index in [1.54, 1.807) is 6.07 Å². The van der Waals surface area contributed by atoms with Crippen molar-refractivity contribution in [3.63, 3.8) is 0 Å². The third-order valence-electron chi connectivity index (χ3n) is 2.89. The molecule has 0 saturated carbocycles. The summed E-state index contributed by atoms with van der Waals surface area (Å²) in [5.74, 6) is 1.46. The topological polar surface area (TPSA) is 62.9 Å². The maximum Gasteiger partial charge on any atom is 0.163 e. The van der Waals surface area contributed by atoms with Crippen LogP contribution in [0.4, 0.5) is 5.69 Å². The molecule has 2 N–H and O–H groups in total. The molecule has 0 spiro atoms. The van der Waals surface area contributed by atoms with Crippen LogP contribution in [0.25, 0.3) is 0 Å². The van der Waals surface area contributed by atoms with E-state index in [0.717, 1.165) is 11.3 Å². The van der Waals surface area contributed by atoms with Crippen LogP contribution in [0, 0.1) is 0 Å². The molecule has 0 unspecified atom stereocenters. The molecular weight excluding hydrogens is 222 g/mol. The van der Waals surface area contributed by atoms with Crippen LogP contribution in [0.5, 0.6) is 11.5 Å². The van der Waals surface area contributed by atoms with Gasteiger partial charge in [-0.25, -0.2) is 0 Å². The second-order valence-corrected chi connectivity index (χ2v) is 4.17. The van der Waals surface area contributed by atoms with Crippen molar-refractivity contribution in [3.8, 4) is 11.5 Å². The molecule has 0 aromatic heterocycles. The van der Waals surface area contributed by atoms with Gasteiger partial charge in [0.25, 0.3) is 0 Å². The lowest BCUT2D eigenvalue weighted by Crippen LogP contribution is -2.35. The van der Waals surface area contributed by atoms with Crippen LogP contribution in [0.3, 0.4) is 0 Å². The van der Waals surface area contributed by atoms with Gasteiger partial charge < -0.3 is 24.7 Å². The molecule has 5 nitrogen and oxygen atoms in total. The highest BCUT2D eigenvalue weighted by molar-refractivity contribution is 5.58. The predicted octanol–water partition coefficient (Wildman–Crippen LogP) is 0.955. The van der Waals surface area contributed by atoms with E-state index in [0.29, 0.717) is 44.5 Å². The minimum Gasteiger partial charge on any atom is -0.486 e. The monoisotopic (exact) mass is 237 g/mol. The van der Waals surface area contributed by atoms with E-state index in [4.69, 9.17) is 24.7 Å². The molecule has 5 heteroatoms. The fourth-order valence-corrected chi connectivity index (χ4v) is 1.79. The van der Waals surface area contributed by atoms with Crippen molar-refractivity contribution >= 4 is 5.69 Å². The summed E-state index contributed by atoms with van der Waals surface area (Å²) in [6, 6.07) is 3.69. The third-order valence-corrected chi connectivity index (χ3v) is 2.89. The minimum absolute atomic E-state index is 0.197. The first-order valence-corrected chi connectivity index (χ1v) is 5.70. The van der Waals surface area contributed by atoms with Crippen LogP contribution in [0.15, 0.2) is 12.1 Å². The molecule has 1 aromatic carbocycles. The zero-order valence-electron chi connectivity index (χ0n) is 9.48. The van der Waals surface area contributed by atoms with Gasteiger partial charge in [-0.05, 0) is 6.07 Å². The number of anilines is 1. The molecule has 0 radical (unpaired) electrons. The molecule has 3 rings (SSSR count). The van der Waals surface area contributed by atoms with E-state index in [1.165, 1.54) is 0 Å². The van der Waals surface area contributed by atoms with Gasteiger partial charge in [0.1, 0.15) is 19.3 Å². The zero-order valence-corrected chi connectivity index (χ0v) is 9.48. The third kappa shape index (κ3) is 2.16. The quantitative estimate of drug-likeness (QED) is 0.793. The van der Waals surface area contributed by atoms with Crippen LogP contribution >= 0.6 is 0 Å². The number of nitrogen functional groups attached to an aromatic ring is 1. The minimum atomic E-state index is 0.197. The lowest BCUT2D eigenvalue weighted by atomic mass is 10.1. The molecule has 0 bridgehead atoms. The standard InChI is InChI=1S/C12H15NO4/c13-10-4-12-11(15-1-2-16-12)3-8(10)5-17-9-6-14-7-9/h3-4,9H,1-2,5-7,13H2. The van der Waals surface area contributed by atoms with Crippen LogP contribution in [0.2, 0.25) is 0 Å². The van der Waals surface area contributed by atoms with Gasteiger partial charge in [0.2, 0.25) is 0 Å². The summed E-state index contributed by atoms with van der Waals surface area (Å²) in [6.45, 7) is 2.97. The maximum atomic E-state index is 5.94. The van der Waals surface area contributed by atoms with Crippen molar-refractivity contribution in [1.29, 1.82) is 0 Å². The number of hydrogen-bond acceptors (Lipinski definition) is 5. The fourth-order valence-electron chi connectivity index (χ4n) is 1.79. The molecule has 92 valence electrons. The molecule has 0 aliphatic carbocycles. The predicted molar refractivity (Wildman–Crippen MR) is 61.2 cm³/mol. The lowest BCUT2D eigenvalue weighted by molar-refractivity contribution is -0.135. The summed E-state index contributed by atoms with van der Waals surface area (Å²) in [6.07, 6.45) is 0.197. The number of fused-ring (bicyclic) bond motifs is 1. The average Bonchev–Trinajstić information content (AvgIpc) is 2.27. The van der Waals surface area contributed by atoms with Gasteiger partial charge in [-0.3, -0.25) is 0 Å². The Balaban J connectivity index is 1.73. The van der Waals surface area contributed by atoms with Crippen molar-refractivity contribution in [2.45, 2.75) is 12.7 Å². The number of nitrogens with two attached hydrogens (primary N) is 1. The first kappa shape index (κ1) is 10.7. The van der Waals surface area contributed by atoms with Gasteiger partial charge >= 0.3 is 0 Å². The molecule has 17 heavy (non-hydrogen) atoms. The van der Waals surface area contributed by atoms with Crippen LogP contribution < -0.4 is 15.2 Å². The van der Waals surface area contributed by atoms with Gasteiger partial charge in [-0.1, -0.05) is 0 Å². The van der Waals surface area contributed by atoms with Crippen LogP contribution in [0.1, 0.15) is 5.56 Å². The molecule has 1 aromatic rings. The van der Waals surface area contributed by atoms with E-state index in [2.05, 4.69) is 0 Å². The molecular formula is C12H15NO4. The number of hydrogen-bond donors (Lipinski definition) is 1. The first-order valence-electron chi connectivity index (χ1n) is 5.70. The molecule has 0 amide bonds. The molecule has 1 saturated heterocycles. The Bertz CT molecular complexity index is 417. The Morgan fingerprint density at radius 1 is 1.18 bits per heavy atom. The van der Waals surface area contributed by atoms with E-state index < -0.39 is 0 Å². The van der Waals surface area contributed by atoms with Gasteiger partial charge in [0.15, 0.2) is 11.5 Å². The summed E-state index contributed by atoms with van der Waals surface area (Å²) >= 11 is 0. The molecule has 2 aliphatic rings. The Morgan fingerprint density at radius 3 is 2.53 bits per heavy atom. The van der Waals surface area contributed by atoms with Gasteiger partial charge in [-0.2, -0.15) is 0 Å². The molecule has 2 heterocycles. The van der Waals surface area contributed by atoms with Crippen LogP contribution in [-0.4, -0.2) is 32.5 Å². The van der Waals surface area contributed by atoms with Crippen molar-refractivity contribution in [1.82, 2.24) is 0 Å². The zero-order chi connectivity index (χ0) is 11.7. The fraction of sp³-hybridized carbons (Fsp3) is 0.500. The summed E-state index contributed by atoms with van der Waals surface area (Å²) in [7, 11) is 0. The summed E-state index contributed by atoms with van der Waals surface area (Å²) in [4.78, 5) is 0. The number of benzene rings is 1. The highest BCUT2D eigenvalue weighted by Gasteiger charge is 2.20. The highest BCUT2D eigenvalue weighted by Crippen LogP contribution is 2.34. The molecule has 0 atom stereocenters. The van der Waals surface area contributed by atoms with Crippen LogP contribution in [-0.2, 0) is 16.1 Å². The Hall–Kier alpha value is -1.46. The SMILES string of the molecule is Nc1cc2c(cc1COC1COC1)OCCO2. The molecule has 1 fully saturated rings. The smallest absolute Gasteiger partial charge is 0.163 e.